The average molecular weight is 344 g/mol. The molecular formula is C18H20N2O5. The fourth-order valence-electron chi connectivity index (χ4n) is 2.15. The molecule has 2 aromatic carbocycles. The van der Waals surface area contributed by atoms with Crippen LogP contribution in [0.25, 0.3) is 0 Å². The van der Waals surface area contributed by atoms with E-state index in [9.17, 15) is 19.8 Å². The van der Waals surface area contributed by atoms with Gasteiger partial charge in [-0.25, -0.2) is 4.79 Å². The van der Waals surface area contributed by atoms with Gasteiger partial charge in [-0.05, 0) is 36.2 Å². The summed E-state index contributed by atoms with van der Waals surface area (Å²) in [5, 5.41) is 21.3. The molecule has 25 heavy (non-hydrogen) atoms. The van der Waals surface area contributed by atoms with Gasteiger partial charge in [-0.2, -0.15) is 0 Å². The highest BCUT2D eigenvalue weighted by Gasteiger charge is 2.22. The van der Waals surface area contributed by atoms with Crippen molar-refractivity contribution in [1.82, 2.24) is 0 Å². The quantitative estimate of drug-likeness (QED) is 0.534. The smallest absolute Gasteiger partial charge is 0.329 e. The van der Waals surface area contributed by atoms with Gasteiger partial charge in [0, 0.05) is 5.69 Å². The summed E-state index contributed by atoms with van der Waals surface area (Å²) in [6.07, 6.45) is 0.225. The van der Waals surface area contributed by atoms with Crippen LogP contribution in [0.4, 0.5) is 5.69 Å². The number of carboxylic acid groups (broad SMARTS) is 1. The monoisotopic (exact) mass is 344 g/mol. The standard InChI is InChI=1S/C18H20N2O5/c19-15(10-12-6-8-14(21)9-7-12)18(24)25-11-16(17(22)23)20-13-4-2-1-3-5-13/h1-9,15-16,20-21H,10-11,19H2,(H,22,23)/t15-,16-/m0/s1. The zero-order chi connectivity index (χ0) is 18.2. The normalized spacial score (nSPS) is 12.8. The third-order valence-electron chi connectivity index (χ3n) is 3.50. The number of anilines is 1. The van der Waals surface area contributed by atoms with Gasteiger partial charge < -0.3 is 26.0 Å². The van der Waals surface area contributed by atoms with Crippen LogP contribution in [-0.2, 0) is 20.7 Å². The van der Waals surface area contributed by atoms with Crippen LogP contribution < -0.4 is 11.1 Å². The molecule has 0 spiro atoms. The Morgan fingerprint density at radius 2 is 1.72 bits per heavy atom. The lowest BCUT2D eigenvalue weighted by Gasteiger charge is -2.17. The lowest BCUT2D eigenvalue weighted by Crippen LogP contribution is -2.39. The van der Waals surface area contributed by atoms with Crippen LogP contribution in [-0.4, -0.2) is 40.8 Å². The van der Waals surface area contributed by atoms with Crippen LogP contribution in [0.1, 0.15) is 5.56 Å². The number of para-hydroxylation sites is 1. The molecule has 0 aliphatic heterocycles. The van der Waals surface area contributed by atoms with Gasteiger partial charge in [0.25, 0.3) is 0 Å². The number of rotatable bonds is 8. The minimum atomic E-state index is -1.14. The molecule has 132 valence electrons. The Hall–Kier alpha value is -3.06. The third kappa shape index (κ3) is 5.82. The molecule has 0 aliphatic carbocycles. The van der Waals surface area contributed by atoms with E-state index in [2.05, 4.69) is 5.32 Å². The van der Waals surface area contributed by atoms with Gasteiger partial charge in [0.1, 0.15) is 18.4 Å². The SMILES string of the molecule is N[C@@H](Cc1ccc(O)cc1)C(=O)OC[C@H](Nc1ccccc1)C(=O)O. The number of aliphatic carboxylic acids is 1. The molecule has 2 atom stereocenters. The van der Waals surface area contributed by atoms with Crippen LogP contribution in [0.3, 0.4) is 0 Å². The van der Waals surface area contributed by atoms with Crippen molar-refractivity contribution < 1.29 is 24.5 Å². The van der Waals surface area contributed by atoms with Crippen molar-refractivity contribution >= 4 is 17.6 Å². The predicted octanol–water partition coefficient (Wildman–Crippen LogP) is 1.37. The van der Waals surface area contributed by atoms with Gasteiger partial charge >= 0.3 is 11.9 Å². The summed E-state index contributed by atoms with van der Waals surface area (Å²) < 4.78 is 5.04. The van der Waals surface area contributed by atoms with Crippen molar-refractivity contribution in [2.45, 2.75) is 18.5 Å². The summed E-state index contributed by atoms with van der Waals surface area (Å²) >= 11 is 0. The maximum Gasteiger partial charge on any atom is 0.329 e. The Labute approximate surface area is 145 Å². The van der Waals surface area contributed by atoms with Crippen molar-refractivity contribution in [1.29, 1.82) is 0 Å². The molecule has 0 heterocycles. The second kappa shape index (κ2) is 8.70. The number of carbonyl (C=O) groups excluding carboxylic acids is 1. The maximum absolute atomic E-state index is 12.0. The third-order valence-corrected chi connectivity index (χ3v) is 3.50. The number of esters is 1. The molecule has 0 aromatic heterocycles. The van der Waals surface area contributed by atoms with E-state index in [1.54, 1.807) is 36.4 Å². The molecule has 7 heteroatoms. The molecule has 0 unspecified atom stereocenters. The summed E-state index contributed by atoms with van der Waals surface area (Å²) in [6.45, 7) is -0.341. The first-order valence-corrected chi connectivity index (χ1v) is 7.70. The number of hydrogen-bond acceptors (Lipinski definition) is 6. The first-order chi connectivity index (χ1) is 12.0. The number of phenolic OH excluding ortho intramolecular Hbond substituents is 1. The Morgan fingerprint density at radius 1 is 1.08 bits per heavy atom. The Morgan fingerprint density at radius 3 is 2.32 bits per heavy atom. The average Bonchev–Trinajstić information content (AvgIpc) is 2.60. The van der Waals surface area contributed by atoms with E-state index in [1.165, 1.54) is 12.1 Å². The Kier molecular flexibility index (Phi) is 6.36. The lowest BCUT2D eigenvalue weighted by atomic mass is 10.1. The summed E-state index contributed by atoms with van der Waals surface area (Å²) in [4.78, 5) is 23.3. The molecule has 2 rings (SSSR count). The zero-order valence-electron chi connectivity index (χ0n) is 13.5. The van der Waals surface area contributed by atoms with Crippen molar-refractivity contribution in [3.05, 3.63) is 60.2 Å². The fourth-order valence-corrected chi connectivity index (χ4v) is 2.15. The number of hydrogen-bond donors (Lipinski definition) is 4. The summed E-state index contributed by atoms with van der Waals surface area (Å²) in [7, 11) is 0. The number of phenols is 1. The topological polar surface area (TPSA) is 122 Å². The predicted molar refractivity (Wildman–Crippen MR) is 92.2 cm³/mol. The molecule has 0 amide bonds. The summed E-state index contributed by atoms with van der Waals surface area (Å²) in [6, 6.07) is 13.1. The molecule has 0 aliphatic rings. The Bertz CT molecular complexity index is 703. The number of nitrogens with two attached hydrogens (primary N) is 1. The molecule has 5 N–H and O–H groups in total. The number of ether oxygens (including phenoxy) is 1. The number of aromatic hydroxyl groups is 1. The van der Waals surface area contributed by atoms with E-state index in [1.807, 2.05) is 6.07 Å². The van der Waals surface area contributed by atoms with Gasteiger partial charge in [-0.1, -0.05) is 30.3 Å². The molecule has 0 radical (unpaired) electrons. The highest BCUT2D eigenvalue weighted by molar-refractivity contribution is 5.79. The highest BCUT2D eigenvalue weighted by Crippen LogP contribution is 2.12. The van der Waals surface area contributed by atoms with E-state index in [-0.39, 0.29) is 18.8 Å². The van der Waals surface area contributed by atoms with Crippen LogP contribution in [0.15, 0.2) is 54.6 Å². The minimum absolute atomic E-state index is 0.121. The Balaban J connectivity index is 1.87. The van der Waals surface area contributed by atoms with Gasteiger partial charge in [-0.15, -0.1) is 0 Å². The van der Waals surface area contributed by atoms with E-state index < -0.39 is 24.0 Å². The van der Waals surface area contributed by atoms with E-state index in [0.29, 0.717) is 5.69 Å². The van der Waals surface area contributed by atoms with Crippen LogP contribution in [0, 0.1) is 0 Å². The number of carbonyl (C=O) groups is 2. The molecule has 0 saturated heterocycles. The van der Waals surface area contributed by atoms with Crippen LogP contribution >= 0.6 is 0 Å². The number of nitrogens with one attached hydrogen (secondary N) is 1. The van der Waals surface area contributed by atoms with E-state index in [4.69, 9.17) is 10.5 Å². The highest BCUT2D eigenvalue weighted by atomic mass is 16.5. The second-order valence-corrected chi connectivity index (χ2v) is 5.51. The van der Waals surface area contributed by atoms with Gasteiger partial charge in [0.15, 0.2) is 6.04 Å². The van der Waals surface area contributed by atoms with E-state index in [0.717, 1.165) is 5.56 Å². The van der Waals surface area contributed by atoms with E-state index >= 15 is 0 Å². The fraction of sp³-hybridized carbons (Fsp3) is 0.222. The second-order valence-electron chi connectivity index (χ2n) is 5.51. The number of carboxylic acids is 1. The van der Waals surface area contributed by atoms with Crippen molar-refractivity contribution in [2.24, 2.45) is 5.73 Å². The van der Waals surface area contributed by atoms with Gasteiger partial charge in [-0.3, -0.25) is 4.79 Å². The first-order valence-electron chi connectivity index (χ1n) is 7.70. The molecule has 0 fully saturated rings. The molecule has 2 aromatic rings. The van der Waals surface area contributed by atoms with Crippen molar-refractivity contribution in [3.63, 3.8) is 0 Å². The van der Waals surface area contributed by atoms with Gasteiger partial charge in [0.05, 0.1) is 0 Å². The molecular weight excluding hydrogens is 324 g/mol. The number of benzene rings is 2. The minimum Gasteiger partial charge on any atom is -0.508 e. The van der Waals surface area contributed by atoms with Gasteiger partial charge in [0.2, 0.25) is 0 Å². The molecule has 7 nitrogen and oxygen atoms in total. The summed E-state index contributed by atoms with van der Waals surface area (Å²) in [5.41, 5.74) is 7.17. The molecule has 0 bridgehead atoms. The molecule has 0 saturated carbocycles. The van der Waals surface area contributed by atoms with Crippen LogP contribution in [0.2, 0.25) is 0 Å². The lowest BCUT2D eigenvalue weighted by molar-refractivity contribution is -0.148. The van der Waals surface area contributed by atoms with Crippen LogP contribution in [0.5, 0.6) is 5.75 Å². The van der Waals surface area contributed by atoms with Crippen molar-refractivity contribution in [2.75, 3.05) is 11.9 Å². The maximum atomic E-state index is 12.0. The zero-order valence-corrected chi connectivity index (χ0v) is 13.5. The largest absolute Gasteiger partial charge is 0.508 e. The first kappa shape index (κ1) is 18.3. The van der Waals surface area contributed by atoms with Crippen molar-refractivity contribution in [3.8, 4) is 5.75 Å². The summed E-state index contributed by atoms with van der Waals surface area (Å²) in [5.74, 6) is -1.70.